The predicted molar refractivity (Wildman–Crippen MR) is 84.6 cm³/mol. The third-order valence-corrected chi connectivity index (χ3v) is 4.45. The first-order valence-corrected chi connectivity index (χ1v) is 7.09. The normalized spacial score (nSPS) is 17.5. The van der Waals surface area contributed by atoms with Crippen molar-refractivity contribution in [3.05, 3.63) is 65.9 Å². The van der Waals surface area contributed by atoms with E-state index in [0.29, 0.717) is 0 Å². The zero-order valence-electron chi connectivity index (χ0n) is 12.1. The number of aryl methyl sites for hydroxylation is 1. The first kappa shape index (κ1) is 12.2. The SMILES string of the molecule is CN1C(=O)C(c2ccccc2)c2c1ccc1c2ccn1C. The molecule has 0 saturated carbocycles. The van der Waals surface area contributed by atoms with Crippen LogP contribution in [-0.4, -0.2) is 17.5 Å². The third kappa shape index (κ3) is 1.57. The van der Waals surface area contributed by atoms with Gasteiger partial charge < -0.3 is 9.47 Å². The fourth-order valence-electron chi connectivity index (χ4n) is 3.35. The van der Waals surface area contributed by atoms with Crippen molar-refractivity contribution in [2.24, 2.45) is 7.05 Å². The van der Waals surface area contributed by atoms with Crippen molar-refractivity contribution in [2.75, 3.05) is 11.9 Å². The minimum Gasteiger partial charge on any atom is -0.351 e. The molecule has 1 aliphatic heterocycles. The molecule has 104 valence electrons. The molecule has 3 heteroatoms. The van der Waals surface area contributed by atoms with Gasteiger partial charge in [0.2, 0.25) is 5.91 Å². The van der Waals surface area contributed by atoms with Gasteiger partial charge in [-0.25, -0.2) is 0 Å². The number of amides is 1. The van der Waals surface area contributed by atoms with E-state index in [2.05, 4.69) is 29.0 Å². The average Bonchev–Trinajstić information content (AvgIpc) is 3.00. The van der Waals surface area contributed by atoms with Gasteiger partial charge in [-0.3, -0.25) is 4.79 Å². The van der Waals surface area contributed by atoms with E-state index in [9.17, 15) is 4.79 Å². The van der Waals surface area contributed by atoms with Crippen LogP contribution in [0.2, 0.25) is 0 Å². The van der Waals surface area contributed by atoms with Gasteiger partial charge in [0, 0.05) is 42.4 Å². The van der Waals surface area contributed by atoms with Crippen LogP contribution in [0.15, 0.2) is 54.7 Å². The molecule has 21 heavy (non-hydrogen) atoms. The molecule has 4 rings (SSSR count). The maximum absolute atomic E-state index is 12.7. The summed E-state index contributed by atoms with van der Waals surface area (Å²) >= 11 is 0. The number of anilines is 1. The van der Waals surface area contributed by atoms with Gasteiger partial charge in [0.25, 0.3) is 0 Å². The highest BCUT2D eigenvalue weighted by molar-refractivity contribution is 6.11. The van der Waals surface area contributed by atoms with Gasteiger partial charge in [0.15, 0.2) is 0 Å². The summed E-state index contributed by atoms with van der Waals surface area (Å²) < 4.78 is 2.10. The molecule has 0 bridgehead atoms. The molecule has 0 aliphatic carbocycles. The largest absolute Gasteiger partial charge is 0.351 e. The Morgan fingerprint density at radius 3 is 2.48 bits per heavy atom. The van der Waals surface area contributed by atoms with Crippen molar-refractivity contribution in [2.45, 2.75) is 5.92 Å². The van der Waals surface area contributed by atoms with E-state index in [1.807, 2.05) is 44.4 Å². The highest BCUT2D eigenvalue weighted by atomic mass is 16.2. The average molecular weight is 276 g/mol. The summed E-state index contributed by atoms with van der Waals surface area (Å²) in [6.45, 7) is 0. The molecule has 3 aromatic rings. The predicted octanol–water partition coefficient (Wildman–Crippen LogP) is 3.29. The van der Waals surface area contributed by atoms with E-state index in [-0.39, 0.29) is 11.8 Å². The number of benzene rings is 2. The van der Waals surface area contributed by atoms with Crippen LogP contribution in [0, 0.1) is 0 Å². The van der Waals surface area contributed by atoms with Gasteiger partial charge in [-0.15, -0.1) is 0 Å². The summed E-state index contributed by atoms with van der Waals surface area (Å²) in [7, 11) is 3.89. The Balaban J connectivity index is 2.04. The highest BCUT2D eigenvalue weighted by Gasteiger charge is 2.37. The van der Waals surface area contributed by atoms with Crippen molar-refractivity contribution in [1.29, 1.82) is 0 Å². The fraction of sp³-hybridized carbons (Fsp3) is 0.167. The molecule has 0 saturated heterocycles. The van der Waals surface area contributed by atoms with Gasteiger partial charge >= 0.3 is 0 Å². The Morgan fingerprint density at radius 1 is 0.952 bits per heavy atom. The molecule has 1 aliphatic rings. The van der Waals surface area contributed by atoms with Gasteiger partial charge in [-0.1, -0.05) is 30.3 Å². The summed E-state index contributed by atoms with van der Waals surface area (Å²) in [4.78, 5) is 14.5. The van der Waals surface area contributed by atoms with Crippen LogP contribution < -0.4 is 4.90 Å². The lowest BCUT2D eigenvalue weighted by Crippen LogP contribution is -2.24. The summed E-state index contributed by atoms with van der Waals surface area (Å²) in [6, 6.07) is 16.3. The lowest BCUT2D eigenvalue weighted by molar-refractivity contribution is -0.118. The van der Waals surface area contributed by atoms with E-state index in [0.717, 1.165) is 22.3 Å². The second kappa shape index (κ2) is 4.22. The molecule has 2 heterocycles. The second-order valence-electron chi connectivity index (χ2n) is 5.60. The molecular weight excluding hydrogens is 260 g/mol. The molecule has 0 spiro atoms. The molecule has 0 N–H and O–H groups in total. The van der Waals surface area contributed by atoms with Crippen LogP contribution in [0.1, 0.15) is 17.0 Å². The smallest absolute Gasteiger partial charge is 0.238 e. The van der Waals surface area contributed by atoms with Crippen LogP contribution in [0.4, 0.5) is 5.69 Å². The molecule has 1 unspecified atom stereocenters. The minimum absolute atomic E-state index is 0.146. The van der Waals surface area contributed by atoms with E-state index >= 15 is 0 Å². The van der Waals surface area contributed by atoms with Crippen molar-refractivity contribution in [1.82, 2.24) is 4.57 Å². The number of hydrogen-bond donors (Lipinski definition) is 0. The Bertz CT molecular complexity index is 848. The lowest BCUT2D eigenvalue weighted by atomic mass is 9.90. The highest BCUT2D eigenvalue weighted by Crippen LogP contribution is 2.44. The van der Waals surface area contributed by atoms with Crippen molar-refractivity contribution in [3.63, 3.8) is 0 Å². The monoisotopic (exact) mass is 276 g/mol. The summed E-state index contributed by atoms with van der Waals surface area (Å²) in [5.41, 5.74) is 4.38. The lowest BCUT2D eigenvalue weighted by Gasteiger charge is -2.11. The van der Waals surface area contributed by atoms with E-state index < -0.39 is 0 Å². The number of likely N-dealkylation sites (N-methyl/N-ethyl adjacent to an activating group) is 1. The van der Waals surface area contributed by atoms with Crippen molar-refractivity contribution >= 4 is 22.5 Å². The van der Waals surface area contributed by atoms with E-state index in [4.69, 9.17) is 0 Å². The molecule has 0 fully saturated rings. The molecule has 0 radical (unpaired) electrons. The Hall–Kier alpha value is -2.55. The van der Waals surface area contributed by atoms with E-state index in [1.54, 1.807) is 4.90 Å². The molecule has 3 nitrogen and oxygen atoms in total. The standard InChI is InChI=1S/C18H16N2O/c1-19-11-10-13-14(19)8-9-15-17(13)16(18(21)20(15)2)12-6-4-3-5-7-12/h3-11,16H,1-2H3. The maximum atomic E-state index is 12.7. The number of hydrogen-bond acceptors (Lipinski definition) is 1. The van der Waals surface area contributed by atoms with Gasteiger partial charge in [0.1, 0.15) is 0 Å². The summed E-state index contributed by atoms with van der Waals surface area (Å²) in [5, 5.41) is 1.17. The first-order chi connectivity index (χ1) is 10.2. The molecular formula is C18H16N2O. The Labute approximate surface area is 123 Å². The number of fused-ring (bicyclic) bond motifs is 3. The molecule has 1 amide bonds. The number of carbonyl (C=O) groups excluding carboxylic acids is 1. The topological polar surface area (TPSA) is 25.2 Å². The van der Waals surface area contributed by atoms with Crippen molar-refractivity contribution < 1.29 is 4.79 Å². The quantitative estimate of drug-likeness (QED) is 0.669. The Morgan fingerprint density at radius 2 is 1.71 bits per heavy atom. The number of rotatable bonds is 1. The third-order valence-electron chi connectivity index (χ3n) is 4.45. The number of aromatic nitrogens is 1. The number of nitrogens with zero attached hydrogens (tertiary/aromatic N) is 2. The van der Waals surface area contributed by atoms with Crippen LogP contribution in [0.25, 0.3) is 10.9 Å². The fourth-order valence-corrected chi connectivity index (χ4v) is 3.35. The zero-order chi connectivity index (χ0) is 14.6. The molecule has 1 aromatic heterocycles. The van der Waals surface area contributed by atoms with Crippen LogP contribution in [0.5, 0.6) is 0 Å². The maximum Gasteiger partial charge on any atom is 0.238 e. The van der Waals surface area contributed by atoms with Gasteiger partial charge in [-0.05, 0) is 23.8 Å². The van der Waals surface area contributed by atoms with Crippen molar-refractivity contribution in [3.8, 4) is 0 Å². The molecule has 2 aromatic carbocycles. The minimum atomic E-state index is -0.197. The summed E-state index contributed by atoms with van der Waals surface area (Å²) in [6.07, 6.45) is 2.05. The van der Waals surface area contributed by atoms with Gasteiger partial charge in [0.05, 0.1) is 5.92 Å². The Kier molecular flexibility index (Phi) is 2.45. The number of carbonyl (C=O) groups is 1. The second-order valence-corrected chi connectivity index (χ2v) is 5.60. The van der Waals surface area contributed by atoms with Crippen LogP contribution in [0.3, 0.4) is 0 Å². The first-order valence-electron chi connectivity index (χ1n) is 7.09. The van der Waals surface area contributed by atoms with Gasteiger partial charge in [-0.2, -0.15) is 0 Å². The summed E-state index contributed by atoms with van der Waals surface area (Å²) in [5.74, 6) is -0.0511. The van der Waals surface area contributed by atoms with E-state index in [1.165, 1.54) is 5.39 Å². The molecule has 1 atom stereocenters. The van der Waals surface area contributed by atoms with Crippen LogP contribution in [-0.2, 0) is 11.8 Å². The zero-order valence-corrected chi connectivity index (χ0v) is 12.1. The van der Waals surface area contributed by atoms with Crippen LogP contribution >= 0.6 is 0 Å².